The third-order valence-corrected chi connectivity index (χ3v) is 4.40. The first-order valence-corrected chi connectivity index (χ1v) is 9.23. The summed E-state index contributed by atoms with van der Waals surface area (Å²) in [6.45, 7) is 0.231. The Morgan fingerprint density at radius 3 is 2.13 bits per heavy atom. The number of carbonyl (C=O) groups excluding carboxylic acids is 2. The number of aromatic hydroxyl groups is 3. The summed E-state index contributed by atoms with van der Waals surface area (Å²) in [6, 6.07) is 17.5. The molecule has 0 saturated heterocycles. The van der Waals surface area contributed by atoms with Crippen LogP contribution in [-0.2, 0) is 6.54 Å². The summed E-state index contributed by atoms with van der Waals surface area (Å²) in [5.74, 6) is -1.61. The monoisotopic (exact) mass is 407 g/mol. The Morgan fingerprint density at radius 1 is 0.767 bits per heavy atom. The zero-order valence-corrected chi connectivity index (χ0v) is 16.0. The van der Waals surface area contributed by atoms with E-state index in [1.807, 2.05) is 30.3 Å². The van der Waals surface area contributed by atoms with E-state index in [2.05, 4.69) is 5.32 Å². The summed E-state index contributed by atoms with van der Waals surface area (Å²) in [5, 5.41) is 31.8. The molecule has 0 fully saturated rings. The van der Waals surface area contributed by atoms with Crippen molar-refractivity contribution in [1.29, 1.82) is 0 Å². The van der Waals surface area contributed by atoms with Gasteiger partial charge >= 0.3 is 0 Å². The van der Waals surface area contributed by atoms with Crippen molar-refractivity contribution >= 4 is 11.6 Å². The van der Waals surface area contributed by atoms with Gasteiger partial charge in [0.05, 0.1) is 6.54 Å². The lowest BCUT2D eigenvalue weighted by atomic mass is 10.1. The van der Waals surface area contributed by atoms with E-state index in [9.17, 15) is 24.9 Å². The summed E-state index contributed by atoms with van der Waals surface area (Å²) < 4.78 is 5.37. The van der Waals surface area contributed by atoms with Crippen LogP contribution in [0, 0.1) is 0 Å². The number of phenolic OH excluding ortho intramolecular Hbond substituents is 3. The molecule has 3 aromatic carbocycles. The maximum Gasteiger partial charge on any atom is 0.200 e. The third-order valence-electron chi connectivity index (χ3n) is 4.40. The van der Waals surface area contributed by atoms with Crippen LogP contribution >= 0.6 is 0 Å². The fourth-order valence-electron chi connectivity index (χ4n) is 2.74. The van der Waals surface area contributed by atoms with Crippen LogP contribution in [0.15, 0.2) is 66.7 Å². The Hall–Kier alpha value is -3.84. The van der Waals surface area contributed by atoms with Gasteiger partial charge in [-0.3, -0.25) is 9.59 Å². The second-order valence-corrected chi connectivity index (χ2v) is 6.61. The molecule has 0 atom stereocenters. The SMILES string of the molecule is O=C(CNCc1ccccc1)c1ccc(O)c(OCC(=O)c2ccc(O)c(O)c2)c1. The van der Waals surface area contributed by atoms with E-state index in [0.717, 1.165) is 11.6 Å². The van der Waals surface area contributed by atoms with Crippen molar-refractivity contribution in [3.8, 4) is 23.0 Å². The smallest absolute Gasteiger partial charge is 0.200 e. The van der Waals surface area contributed by atoms with Crippen molar-refractivity contribution in [2.45, 2.75) is 6.54 Å². The minimum absolute atomic E-state index is 0.000240. The van der Waals surface area contributed by atoms with Crippen molar-refractivity contribution in [2.24, 2.45) is 0 Å². The minimum atomic E-state index is -0.467. The number of carbonyl (C=O) groups is 2. The van der Waals surface area contributed by atoms with E-state index >= 15 is 0 Å². The maximum absolute atomic E-state index is 12.4. The molecule has 0 aliphatic rings. The molecule has 0 amide bonds. The first-order valence-electron chi connectivity index (χ1n) is 9.23. The van der Waals surface area contributed by atoms with Crippen molar-refractivity contribution < 1.29 is 29.6 Å². The van der Waals surface area contributed by atoms with Gasteiger partial charge in [-0.15, -0.1) is 0 Å². The highest BCUT2D eigenvalue weighted by atomic mass is 16.5. The molecular formula is C23H21NO6. The molecule has 0 bridgehead atoms. The lowest BCUT2D eigenvalue weighted by molar-refractivity contribution is 0.0919. The number of hydrogen-bond acceptors (Lipinski definition) is 7. The molecule has 154 valence electrons. The van der Waals surface area contributed by atoms with Gasteiger partial charge in [0.25, 0.3) is 0 Å². The molecule has 0 saturated carbocycles. The van der Waals surface area contributed by atoms with Gasteiger partial charge in [-0.2, -0.15) is 0 Å². The fourth-order valence-corrected chi connectivity index (χ4v) is 2.74. The number of ether oxygens (including phenoxy) is 1. The fraction of sp³-hybridized carbons (Fsp3) is 0.130. The molecule has 3 rings (SSSR count). The number of hydrogen-bond donors (Lipinski definition) is 4. The minimum Gasteiger partial charge on any atom is -0.504 e. The van der Waals surface area contributed by atoms with Crippen LogP contribution in [-0.4, -0.2) is 40.0 Å². The molecule has 0 aliphatic carbocycles. The van der Waals surface area contributed by atoms with Crippen LogP contribution in [0.3, 0.4) is 0 Å². The van der Waals surface area contributed by atoms with Gasteiger partial charge in [-0.1, -0.05) is 30.3 Å². The standard InChI is InChI=1S/C23H21NO6/c25-18-8-6-16(10-20(18)27)22(29)14-30-23-11-17(7-9-19(23)26)21(28)13-24-12-15-4-2-1-3-5-15/h1-11,24-27H,12-14H2. The zero-order valence-electron chi connectivity index (χ0n) is 16.0. The number of nitrogens with one attached hydrogen (secondary N) is 1. The van der Waals surface area contributed by atoms with Gasteiger partial charge in [0.2, 0.25) is 0 Å². The number of Topliss-reactive ketones (excluding diaryl/α,β-unsaturated/α-hetero) is 2. The van der Waals surface area contributed by atoms with Crippen LogP contribution in [0.5, 0.6) is 23.0 Å². The molecule has 4 N–H and O–H groups in total. The van der Waals surface area contributed by atoms with Crippen LogP contribution in [0.2, 0.25) is 0 Å². The predicted molar refractivity (Wildman–Crippen MR) is 110 cm³/mol. The Balaban J connectivity index is 1.59. The molecule has 0 unspecified atom stereocenters. The second kappa shape index (κ2) is 9.58. The van der Waals surface area contributed by atoms with E-state index in [4.69, 9.17) is 4.74 Å². The molecule has 0 aliphatic heterocycles. The molecule has 0 heterocycles. The highest BCUT2D eigenvalue weighted by molar-refractivity contribution is 5.99. The zero-order chi connectivity index (χ0) is 21.5. The van der Waals surface area contributed by atoms with Gasteiger partial charge < -0.3 is 25.4 Å². The largest absolute Gasteiger partial charge is 0.504 e. The first-order chi connectivity index (χ1) is 14.4. The number of phenols is 3. The van der Waals surface area contributed by atoms with Crippen molar-refractivity contribution in [3.05, 3.63) is 83.4 Å². The normalized spacial score (nSPS) is 10.5. The number of benzene rings is 3. The van der Waals surface area contributed by atoms with E-state index < -0.39 is 18.1 Å². The van der Waals surface area contributed by atoms with Crippen molar-refractivity contribution in [2.75, 3.05) is 13.2 Å². The lowest BCUT2D eigenvalue weighted by Gasteiger charge is -2.10. The lowest BCUT2D eigenvalue weighted by Crippen LogP contribution is -2.22. The van der Waals surface area contributed by atoms with E-state index in [1.165, 1.54) is 30.3 Å². The quantitative estimate of drug-likeness (QED) is 0.318. The summed E-state index contributed by atoms with van der Waals surface area (Å²) in [4.78, 5) is 24.6. The van der Waals surface area contributed by atoms with Gasteiger partial charge in [0, 0.05) is 17.7 Å². The second-order valence-electron chi connectivity index (χ2n) is 6.61. The molecule has 30 heavy (non-hydrogen) atoms. The van der Waals surface area contributed by atoms with Gasteiger partial charge in [-0.25, -0.2) is 0 Å². The van der Waals surface area contributed by atoms with Gasteiger partial charge in [-0.05, 0) is 42.0 Å². The number of ketones is 2. The average Bonchev–Trinajstić information content (AvgIpc) is 2.75. The first kappa shape index (κ1) is 20.9. The predicted octanol–water partition coefficient (Wildman–Crippen LogP) is 3.04. The molecule has 7 heteroatoms. The summed E-state index contributed by atoms with van der Waals surface area (Å²) in [7, 11) is 0. The van der Waals surface area contributed by atoms with E-state index in [0.29, 0.717) is 12.1 Å². The molecule has 7 nitrogen and oxygen atoms in total. The summed E-state index contributed by atoms with van der Waals surface area (Å²) in [6.07, 6.45) is 0. The molecule has 3 aromatic rings. The van der Waals surface area contributed by atoms with Crippen LogP contribution < -0.4 is 10.1 Å². The number of rotatable bonds is 9. The van der Waals surface area contributed by atoms with E-state index in [1.54, 1.807) is 0 Å². The van der Waals surface area contributed by atoms with Crippen LogP contribution in [0.1, 0.15) is 26.3 Å². The van der Waals surface area contributed by atoms with Crippen LogP contribution in [0.25, 0.3) is 0 Å². The maximum atomic E-state index is 12.4. The average molecular weight is 407 g/mol. The van der Waals surface area contributed by atoms with Crippen molar-refractivity contribution in [1.82, 2.24) is 5.32 Å². The van der Waals surface area contributed by atoms with E-state index in [-0.39, 0.29) is 35.1 Å². The Kier molecular flexibility index (Phi) is 6.67. The highest BCUT2D eigenvalue weighted by Crippen LogP contribution is 2.28. The van der Waals surface area contributed by atoms with Crippen LogP contribution in [0.4, 0.5) is 0 Å². The highest BCUT2D eigenvalue weighted by Gasteiger charge is 2.14. The third kappa shape index (κ3) is 5.36. The van der Waals surface area contributed by atoms with Crippen molar-refractivity contribution in [3.63, 3.8) is 0 Å². The molecule has 0 aromatic heterocycles. The summed E-state index contributed by atoms with van der Waals surface area (Å²) in [5.41, 5.74) is 1.53. The Morgan fingerprint density at radius 2 is 1.43 bits per heavy atom. The Labute approximate surface area is 173 Å². The van der Waals surface area contributed by atoms with Gasteiger partial charge in [0.15, 0.2) is 41.2 Å². The molecule has 0 radical (unpaired) electrons. The summed E-state index contributed by atoms with van der Waals surface area (Å²) >= 11 is 0. The van der Waals surface area contributed by atoms with Gasteiger partial charge in [0.1, 0.15) is 0 Å². The Bertz CT molecular complexity index is 1050. The molecule has 0 spiro atoms. The molecular weight excluding hydrogens is 386 g/mol. The topological polar surface area (TPSA) is 116 Å².